The van der Waals surface area contributed by atoms with Crippen LogP contribution in [0.4, 0.5) is 0 Å². The highest BCUT2D eigenvalue weighted by Crippen LogP contribution is 2.28. The molecule has 3 rings (SSSR count). The number of carbonyl (C=O) groups excluding carboxylic acids is 2. The fourth-order valence-electron chi connectivity index (χ4n) is 3.29. The number of benzene rings is 2. The number of likely N-dealkylation sites (tertiary alicyclic amines) is 1. The summed E-state index contributed by atoms with van der Waals surface area (Å²) in [7, 11) is 3.09. The smallest absolute Gasteiger partial charge is 0.253 e. The van der Waals surface area contributed by atoms with Gasteiger partial charge in [0.2, 0.25) is 0 Å². The van der Waals surface area contributed by atoms with Crippen molar-refractivity contribution in [3.05, 3.63) is 53.6 Å². The number of methoxy groups -OCH3 is 2. The van der Waals surface area contributed by atoms with E-state index < -0.39 is 0 Å². The lowest BCUT2D eigenvalue weighted by Gasteiger charge is -2.32. The number of hydrogen-bond acceptors (Lipinski definition) is 5. The molecule has 7 nitrogen and oxygen atoms in total. The topological polar surface area (TPSA) is 88.1 Å². The number of rotatable bonds is 5. The summed E-state index contributed by atoms with van der Waals surface area (Å²) in [5.41, 5.74) is 0.962. The summed E-state index contributed by atoms with van der Waals surface area (Å²) in [6.45, 7) is 1.11. The van der Waals surface area contributed by atoms with Crippen molar-refractivity contribution < 1.29 is 24.2 Å². The third-order valence-electron chi connectivity index (χ3n) is 4.86. The van der Waals surface area contributed by atoms with E-state index in [1.807, 2.05) is 0 Å². The number of amides is 2. The predicted molar refractivity (Wildman–Crippen MR) is 104 cm³/mol. The van der Waals surface area contributed by atoms with Crippen molar-refractivity contribution in [1.82, 2.24) is 10.2 Å². The zero-order valence-corrected chi connectivity index (χ0v) is 16.0. The van der Waals surface area contributed by atoms with Crippen molar-refractivity contribution in [3.63, 3.8) is 0 Å². The van der Waals surface area contributed by atoms with Crippen molar-refractivity contribution in [1.29, 1.82) is 0 Å². The molecule has 0 aromatic heterocycles. The molecule has 0 atom stereocenters. The molecule has 0 unspecified atom stereocenters. The van der Waals surface area contributed by atoms with Crippen LogP contribution in [0, 0.1) is 0 Å². The van der Waals surface area contributed by atoms with Crippen LogP contribution in [0.5, 0.6) is 17.2 Å². The monoisotopic (exact) mass is 384 g/mol. The lowest BCUT2D eigenvalue weighted by Crippen LogP contribution is -2.46. The Kier molecular flexibility index (Phi) is 6.03. The first-order valence-electron chi connectivity index (χ1n) is 9.13. The number of nitrogens with one attached hydrogen (secondary N) is 1. The van der Waals surface area contributed by atoms with E-state index in [0.717, 1.165) is 0 Å². The van der Waals surface area contributed by atoms with Crippen molar-refractivity contribution in [2.45, 2.75) is 18.9 Å². The van der Waals surface area contributed by atoms with Gasteiger partial charge in [-0.3, -0.25) is 9.59 Å². The van der Waals surface area contributed by atoms with Gasteiger partial charge in [0.15, 0.2) is 11.5 Å². The van der Waals surface area contributed by atoms with E-state index in [2.05, 4.69) is 5.32 Å². The van der Waals surface area contributed by atoms with Crippen LogP contribution in [0.15, 0.2) is 42.5 Å². The molecule has 148 valence electrons. The molecule has 2 aromatic rings. The number of piperidine rings is 1. The van der Waals surface area contributed by atoms with Crippen molar-refractivity contribution in [3.8, 4) is 17.2 Å². The number of ether oxygens (including phenoxy) is 2. The molecule has 7 heteroatoms. The molecule has 2 aromatic carbocycles. The van der Waals surface area contributed by atoms with E-state index in [1.54, 1.807) is 42.3 Å². The number of aromatic hydroxyl groups is 1. The van der Waals surface area contributed by atoms with Crippen LogP contribution in [0.1, 0.15) is 33.6 Å². The molecular formula is C21H24N2O5. The standard InChI is InChI=1S/C21H24N2O5/c1-27-18-7-6-15(13-19(18)28-2)21(26)23-10-8-16(9-11-23)22-20(25)14-4-3-5-17(24)12-14/h3-7,12-13,16,24H,8-11H2,1-2H3,(H,22,25). The minimum absolute atomic E-state index is 0.00991. The molecule has 0 spiro atoms. The van der Waals surface area contributed by atoms with Gasteiger partial charge in [0.05, 0.1) is 14.2 Å². The summed E-state index contributed by atoms with van der Waals surface area (Å²) in [5, 5.41) is 12.5. The van der Waals surface area contributed by atoms with Gasteiger partial charge in [-0.25, -0.2) is 0 Å². The average molecular weight is 384 g/mol. The third-order valence-corrected chi connectivity index (χ3v) is 4.86. The summed E-state index contributed by atoms with van der Waals surface area (Å²) in [4.78, 5) is 26.9. The van der Waals surface area contributed by atoms with Gasteiger partial charge in [-0.1, -0.05) is 6.07 Å². The van der Waals surface area contributed by atoms with Crippen LogP contribution >= 0.6 is 0 Å². The zero-order chi connectivity index (χ0) is 20.1. The summed E-state index contributed by atoms with van der Waals surface area (Å²) >= 11 is 0. The van der Waals surface area contributed by atoms with Crippen LogP contribution in [0.3, 0.4) is 0 Å². The molecule has 2 N–H and O–H groups in total. The van der Waals surface area contributed by atoms with E-state index >= 15 is 0 Å². The Morgan fingerprint density at radius 2 is 1.71 bits per heavy atom. The predicted octanol–water partition coefficient (Wildman–Crippen LogP) is 2.44. The summed E-state index contributed by atoms with van der Waals surface area (Å²) < 4.78 is 10.5. The molecule has 1 aliphatic rings. The van der Waals surface area contributed by atoms with Gasteiger partial charge < -0.3 is 24.8 Å². The summed E-state index contributed by atoms with van der Waals surface area (Å²) in [5.74, 6) is 0.858. The maximum absolute atomic E-state index is 12.8. The maximum atomic E-state index is 12.8. The Bertz CT molecular complexity index is 860. The highest BCUT2D eigenvalue weighted by Gasteiger charge is 2.25. The zero-order valence-electron chi connectivity index (χ0n) is 16.0. The van der Waals surface area contributed by atoms with E-state index in [-0.39, 0.29) is 23.6 Å². The van der Waals surface area contributed by atoms with E-state index in [1.165, 1.54) is 19.2 Å². The SMILES string of the molecule is COc1ccc(C(=O)N2CCC(NC(=O)c3cccc(O)c3)CC2)cc1OC. The number of phenolic OH excluding ortho intramolecular Hbond substituents is 1. The lowest BCUT2D eigenvalue weighted by atomic mass is 10.0. The van der Waals surface area contributed by atoms with Gasteiger partial charge in [0, 0.05) is 30.3 Å². The minimum atomic E-state index is -0.222. The molecule has 1 aliphatic heterocycles. The number of phenols is 1. The largest absolute Gasteiger partial charge is 0.508 e. The Morgan fingerprint density at radius 3 is 2.36 bits per heavy atom. The molecule has 1 saturated heterocycles. The normalized spacial score (nSPS) is 14.4. The molecule has 0 radical (unpaired) electrons. The third kappa shape index (κ3) is 4.36. The lowest BCUT2D eigenvalue weighted by molar-refractivity contribution is 0.0697. The molecule has 0 saturated carbocycles. The van der Waals surface area contributed by atoms with Crippen LogP contribution in [0.2, 0.25) is 0 Å². The van der Waals surface area contributed by atoms with Crippen molar-refractivity contribution in [2.24, 2.45) is 0 Å². The fourth-order valence-corrected chi connectivity index (χ4v) is 3.29. The second-order valence-corrected chi connectivity index (χ2v) is 6.66. The van der Waals surface area contributed by atoms with E-state index in [0.29, 0.717) is 48.6 Å². The van der Waals surface area contributed by atoms with Gasteiger partial charge in [-0.2, -0.15) is 0 Å². The molecule has 0 aliphatic carbocycles. The molecule has 1 heterocycles. The Morgan fingerprint density at radius 1 is 1.00 bits per heavy atom. The molecule has 1 fully saturated rings. The first-order chi connectivity index (χ1) is 13.5. The second-order valence-electron chi connectivity index (χ2n) is 6.66. The second kappa shape index (κ2) is 8.65. The average Bonchev–Trinajstić information content (AvgIpc) is 2.73. The van der Waals surface area contributed by atoms with Gasteiger partial charge in [0.1, 0.15) is 5.75 Å². The van der Waals surface area contributed by atoms with E-state index in [9.17, 15) is 14.7 Å². The fraction of sp³-hybridized carbons (Fsp3) is 0.333. The maximum Gasteiger partial charge on any atom is 0.253 e. The Balaban J connectivity index is 1.57. The van der Waals surface area contributed by atoms with Crippen molar-refractivity contribution in [2.75, 3.05) is 27.3 Å². The molecule has 2 amide bonds. The first kappa shape index (κ1) is 19.5. The molecular weight excluding hydrogens is 360 g/mol. The van der Waals surface area contributed by atoms with Gasteiger partial charge in [-0.15, -0.1) is 0 Å². The minimum Gasteiger partial charge on any atom is -0.508 e. The Labute approximate surface area is 163 Å². The number of nitrogens with zero attached hydrogens (tertiary/aromatic N) is 1. The van der Waals surface area contributed by atoms with Crippen LogP contribution in [0.25, 0.3) is 0 Å². The Hall–Kier alpha value is -3.22. The summed E-state index contributed by atoms with van der Waals surface area (Å²) in [6, 6.07) is 11.4. The molecule has 0 bridgehead atoms. The van der Waals surface area contributed by atoms with E-state index in [4.69, 9.17) is 9.47 Å². The van der Waals surface area contributed by atoms with Gasteiger partial charge in [-0.05, 0) is 49.2 Å². The van der Waals surface area contributed by atoms with Crippen molar-refractivity contribution >= 4 is 11.8 Å². The van der Waals surface area contributed by atoms with Gasteiger partial charge >= 0.3 is 0 Å². The van der Waals surface area contributed by atoms with Gasteiger partial charge in [0.25, 0.3) is 11.8 Å². The number of carbonyl (C=O) groups is 2. The van der Waals surface area contributed by atoms with Crippen LogP contribution in [-0.2, 0) is 0 Å². The molecule has 28 heavy (non-hydrogen) atoms. The quantitative estimate of drug-likeness (QED) is 0.827. The number of hydrogen-bond donors (Lipinski definition) is 2. The summed E-state index contributed by atoms with van der Waals surface area (Å²) in [6.07, 6.45) is 1.34. The van der Waals surface area contributed by atoms with Crippen LogP contribution in [-0.4, -0.2) is 55.2 Å². The first-order valence-corrected chi connectivity index (χ1v) is 9.13. The highest BCUT2D eigenvalue weighted by atomic mass is 16.5. The van der Waals surface area contributed by atoms with Crippen LogP contribution < -0.4 is 14.8 Å². The highest BCUT2D eigenvalue weighted by molar-refractivity contribution is 5.95.